The fraction of sp³-hybridized carbons (Fsp3) is 0.857. The van der Waals surface area contributed by atoms with Crippen LogP contribution in [0.25, 0.3) is 0 Å². The average molecular weight is 273 g/mol. The van der Waals surface area contributed by atoms with Crippen molar-refractivity contribution in [2.24, 2.45) is 5.92 Å². The van der Waals surface area contributed by atoms with Crippen LogP contribution >= 0.6 is 0 Å². The Morgan fingerprint density at radius 2 is 1.74 bits per heavy atom. The molecule has 0 radical (unpaired) electrons. The number of Topliss-reactive ketones (excluding diaryl/α,β-unsaturated/α-hetero) is 1. The maximum absolute atomic E-state index is 12.3. The zero-order chi connectivity index (χ0) is 15.4. The number of hydrogen-bond donors (Lipinski definition) is 2. The quantitative estimate of drug-likeness (QED) is 0.563. The fourth-order valence-corrected chi connectivity index (χ4v) is 1.69. The lowest BCUT2D eigenvalue weighted by Gasteiger charge is -2.31. The summed E-state index contributed by atoms with van der Waals surface area (Å²) in [5.41, 5.74) is -2.88. The Morgan fingerprint density at radius 1 is 1.26 bits per heavy atom. The lowest BCUT2D eigenvalue weighted by Crippen LogP contribution is -2.56. The van der Waals surface area contributed by atoms with Crippen LogP contribution in [0.3, 0.4) is 0 Å². The maximum atomic E-state index is 12.3. The van der Waals surface area contributed by atoms with Crippen LogP contribution in [0.15, 0.2) is 0 Å². The number of ether oxygens (including phenoxy) is 1. The average Bonchev–Trinajstić information content (AvgIpc) is 2.27. The maximum Gasteiger partial charge on any atom is 0.346 e. The number of carbonyl (C=O) groups is 2. The summed E-state index contributed by atoms with van der Waals surface area (Å²) in [6.07, 6.45) is 0.766. The minimum atomic E-state index is -2.13. The van der Waals surface area contributed by atoms with Crippen molar-refractivity contribution in [3.63, 3.8) is 0 Å². The molecule has 0 spiro atoms. The minimum Gasteiger partial charge on any atom is -0.457 e. The number of aliphatic hydroxyl groups is 1. The topological polar surface area (TPSA) is 75.6 Å². The van der Waals surface area contributed by atoms with E-state index in [9.17, 15) is 14.7 Å². The molecule has 112 valence electrons. The third kappa shape index (κ3) is 4.91. The standard InChI is InChI=1S/C14H27NO4/c1-8-9(2)10(15-7)11(16)14(6,18)12(17)19-13(3,4)5/h9-10,15,18H,8H2,1-7H3/t9-,10-,14-/m0/s1. The molecule has 0 aliphatic carbocycles. The van der Waals surface area contributed by atoms with Crippen LogP contribution in [0.4, 0.5) is 0 Å². The van der Waals surface area contributed by atoms with Gasteiger partial charge in [0.1, 0.15) is 5.60 Å². The van der Waals surface area contributed by atoms with E-state index in [1.807, 2.05) is 13.8 Å². The number of likely N-dealkylation sites (N-methyl/N-ethyl adjacent to an activating group) is 1. The van der Waals surface area contributed by atoms with Crippen LogP contribution in [-0.2, 0) is 14.3 Å². The van der Waals surface area contributed by atoms with Crippen molar-refractivity contribution in [1.82, 2.24) is 5.32 Å². The Labute approximate surface area is 115 Å². The Balaban J connectivity index is 5.07. The van der Waals surface area contributed by atoms with Crippen LogP contribution in [0.2, 0.25) is 0 Å². The molecule has 0 rings (SSSR count). The molecule has 0 unspecified atom stereocenters. The van der Waals surface area contributed by atoms with Gasteiger partial charge in [-0.25, -0.2) is 4.79 Å². The predicted molar refractivity (Wildman–Crippen MR) is 73.8 cm³/mol. The molecule has 0 aromatic rings. The van der Waals surface area contributed by atoms with E-state index in [4.69, 9.17) is 4.74 Å². The van der Waals surface area contributed by atoms with Gasteiger partial charge in [-0.05, 0) is 40.7 Å². The van der Waals surface area contributed by atoms with Crippen LogP contribution in [-0.4, -0.2) is 41.2 Å². The van der Waals surface area contributed by atoms with E-state index in [-0.39, 0.29) is 5.92 Å². The van der Waals surface area contributed by atoms with Gasteiger partial charge in [0.25, 0.3) is 0 Å². The van der Waals surface area contributed by atoms with E-state index >= 15 is 0 Å². The second-order valence-electron chi connectivity index (χ2n) is 6.09. The molecule has 0 aliphatic heterocycles. The minimum absolute atomic E-state index is 0.0198. The first-order valence-electron chi connectivity index (χ1n) is 6.64. The summed E-state index contributed by atoms with van der Waals surface area (Å²) in [6.45, 7) is 10.1. The van der Waals surface area contributed by atoms with Crippen molar-refractivity contribution in [3.05, 3.63) is 0 Å². The largest absolute Gasteiger partial charge is 0.457 e. The summed E-state index contributed by atoms with van der Waals surface area (Å²) >= 11 is 0. The molecule has 0 saturated heterocycles. The molecule has 0 saturated carbocycles. The van der Waals surface area contributed by atoms with Gasteiger partial charge in [0, 0.05) is 0 Å². The molecule has 19 heavy (non-hydrogen) atoms. The lowest BCUT2D eigenvalue weighted by atomic mass is 9.86. The number of hydrogen-bond acceptors (Lipinski definition) is 5. The lowest BCUT2D eigenvalue weighted by molar-refractivity contribution is -0.179. The summed E-state index contributed by atoms with van der Waals surface area (Å²) in [6, 6.07) is -0.576. The van der Waals surface area contributed by atoms with Crippen LogP contribution in [0, 0.1) is 5.92 Å². The van der Waals surface area contributed by atoms with E-state index in [0.29, 0.717) is 0 Å². The Hall–Kier alpha value is -0.940. The molecule has 2 N–H and O–H groups in total. The molecule has 0 fully saturated rings. The van der Waals surface area contributed by atoms with Gasteiger partial charge in [-0.15, -0.1) is 0 Å². The van der Waals surface area contributed by atoms with Gasteiger partial charge in [-0.1, -0.05) is 20.3 Å². The number of carbonyl (C=O) groups excluding carboxylic acids is 2. The molecule has 0 heterocycles. The smallest absolute Gasteiger partial charge is 0.346 e. The van der Waals surface area contributed by atoms with Crippen molar-refractivity contribution in [3.8, 4) is 0 Å². The highest BCUT2D eigenvalue weighted by Crippen LogP contribution is 2.20. The number of nitrogens with one attached hydrogen (secondary N) is 1. The number of ketones is 1. The molecule has 0 aromatic heterocycles. The van der Waals surface area contributed by atoms with E-state index in [1.165, 1.54) is 6.92 Å². The molecular formula is C14H27NO4. The summed E-state index contributed by atoms with van der Waals surface area (Å²) in [7, 11) is 1.64. The fourth-order valence-electron chi connectivity index (χ4n) is 1.69. The van der Waals surface area contributed by atoms with Crippen molar-refractivity contribution >= 4 is 11.8 Å². The van der Waals surface area contributed by atoms with Crippen molar-refractivity contribution in [2.75, 3.05) is 7.05 Å². The van der Waals surface area contributed by atoms with E-state index in [1.54, 1.807) is 27.8 Å². The zero-order valence-electron chi connectivity index (χ0n) is 13.0. The predicted octanol–water partition coefficient (Wildman–Crippen LogP) is 1.28. The molecule has 0 bridgehead atoms. The van der Waals surface area contributed by atoms with Gasteiger partial charge in [-0.3, -0.25) is 4.79 Å². The summed E-state index contributed by atoms with van der Waals surface area (Å²) in [5.74, 6) is -1.45. The van der Waals surface area contributed by atoms with Gasteiger partial charge in [0.2, 0.25) is 5.60 Å². The highest BCUT2D eigenvalue weighted by molar-refractivity contribution is 6.09. The Bertz CT molecular complexity index is 331. The first-order valence-corrected chi connectivity index (χ1v) is 6.64. The van der Waals surface area contributed by atoms with Crippen molar-refractivity contribution in [2.45, 2.75) is 65.2 Å². The Morgan fingerprint density at radius 3 is 2.05 bits per heavy atom. The summed E-state index contributed by atoms with van der Waals surface area (Å²) in [4.78, 5) is 24.2. The van der Waals surface area contributed by atoms with Crippen LogP contribution < -0.4 is 5.32 Å². The molecule has 3 atom stereocenters. The van der Waals surface area contributed by atoms with Crippen LogP contribution in [0.1, 0.15) is 48.0 Å². The monoisotopic (exact) mass is 273 g/mol. The molecule has 0 amide bonds. The molecular weight excluding hydrogens is 246 g/mol. The van der Waals surface area contributed by atoms with Crippen LogP contribution in [0.5, 0.6) is 0 Å². The zero-order valence-corrected chi connectivity index (χ0v) is 13.0. The second-order valence-corrected chi connectivity index (χ2v) is 6.09. The normalized spacial score (nSPS) is 18.3. The summed E-state index contributed by atoms with van der Waals surface area (Å²) in [5, 5.41) is 13.1. The number of rotatable bonds is 6. The molecule has 0 aliphatic rings. The SMILES string of the molecule is CC[C@H](C)[C@H](NC)C(=O)[C@](C)(O)C(=O)OC(C)(C)C. The number of esters is 1. The highest BCUT2D eigenvalue weighted by atomic mass is 16.6. The third-order valence-corrected chi connectivity index (χ3v) is 3.08. The first kappa shape index (κ1) is 18.1. The summed E-state index contributed by atoms with van der Waals surface area (Å²) < 4.78 is 5.09. The Kier molecular flexibility index (Phi) is 6.16. The molecule has 5 nitrogen and oxygen atoms in total. The van der Waals surface area contributed by atoms with Crippen molar-refractivity contribution < 1.29 is 19.4 Å². The van der Waals surface area contributed by atoms with Crippen molar-refractivity contribution in [1.29, 1.82) is 0 Å². The van der Waals surface area contributed by atoms with E-state index < -0.39 is 29.0 Å². The molecule has 0 aromatic carbocycles. The second kappa shape index (κ2) is 6.48. The van der Waals surface area contributed by atoms with Gasteiger partial charge in [0.05, 0.1) is 6.04 Å². The molecule has 5 heteroatoms. The van der Waals surface area contributed by atoms with Gasteiger partial charge < -0.3 is 15.2 Å². The third-order valence-electron chi connectivity index (χ3n) is 3.08. The van der Waals surface area contributed by atoms with E-state index in [0.717, 1.165) is 6.42 Å². The van der Waals surface area contributed by atoms with E-state index in [2.05, 4.69) is 5.32 Å². The van der Waals surface area contributed by atoms with Gasteiger partial charge in [-0.2, -0.15) is 0 Å². The van der Waals surface area contributed by atoms with Gasteiger partial charge in [0.15, 0.2) is 5.78 Å². The van der Waals surface area contributed by atoms with Gasteiger partial charge >= 0.3 is 5.97 Å². The highest BCUT2D eigenvalue weighted by Gasteiger charge is 2.45. The first-order chi connectivity index (χ1) is 8.47.